The first-order chi connectivity index (χ1) is 16.8. The number of aliphatic hydroxyl groups is 1. The minimum atomic E-state index is -0.356. The number of halogens is 1. The highest BCUT2D eigenvalue weighted by Gasteiger charge is 2.14. The van der Waals surface area contributed by atoms with E-state index in [2.05, 4.69) is 40.0 Å². The summed E-state index contributed by atoms with van der Waals surface area (Å²) in [7, 11) is 0. The molecule has 2 atom stereocenters. The molecule has 2 amide bonds. The van der Waals surface area contributed by atoms with Gasteiger partial charge in [0.15, 0.2) is 0 Å². The molecule has 5 N–H and O–H groups in total. The van der Waals surface area contributed by atoms with Gasteiger partial charge in [0.1, 0.15) is 12.0 Å². The minimum absolute atomic E-state index is 0.125. The molecule has 1 aliphatic rings. The number of aliphatic imine (C=N–C) groups is 1. The molecule has 188 valence electrons. The number of fused-ring (bicyclic) bond motifs is 4. The second-order valence-electron chi connectivity index (χ2n) is 8.22. The van der Waals surface area contributed by atoms with E-state index < -0.39 is 0 Å². The molecule has 1 aliphatic heterocycles. The molecule has 7 nitrogen and oxygen atoms in total. The first kappa shape index (κ1) is 28.0. The lowest BCUT2D eigenvalue weighted by Gasteiger charge is -2.17. The predicted octanol–water partition coefficient (Wildman–Crippen LogP) is 5.89. The van der Waals surface area contributed by atoms with Gasteiger partial charge in [0, 0.05) is 17.1 Å². The average molecular weight is 498 g/mol. The van der Waals surface area contributed by atoms with E-state index in [9.17, 15) is 9.90 Å². The number of urea groups is 1. The van der Waals surface area contributed by atoms with Crippen molar-refractivity contribution in [3.8, 4) is 0 Å². The molecule has 2 aromatic carbocycles. The number of hydrogen-bond acceptors (Lipinski definition) is 5. The lowest BCUT2D eigenvalue weighted by atomic mass is 10.0. The molecular formula is C27H36ClN5O2. The lowest BCUT2D eigenvalue weighted by molar-refractivity contribution is 0.229. The maximum absolute atomic E-state index is 12.3. The summed E-state index contributed by atoms with van der Waals surface area (Å²) in [6, 6.07) is 13.3. The molecule has 1 heterocycles. The normalized spacial score (nSPS) is 17.7. The Balaban J connectivity index is 0.00000137. The van der Waals surface area contributed by atoms with Gasteiger partial charge in [-0.05, 0) is 82.0 Å². The molecular weight excluding hydrogens is 462 g/mol. The van der Waals surface area contributed by atoms with Crippen molar-refractivity contribution in [2.75, 3.05) is 22.6 Å². The highest BCUT2D eigenvalue weighted by Crippen LogP contribution is 2.25. The number of aliphatic hydroxyl groups excluding tert-OH is 1. The van der Waals surface area contributed by atoms with E-state index in [0.717, 1.165) is 29.8 Å². The van der Waals surface area contributed by atoms with Gasteiger partial charge in [-0.15, -0.1) is 6.58 Å². The topological polar surface area (TPSA) is 97.8 Å². The van der Waals surface area contributed by atoms with Gasteiger partial charge in [-0.3, -0.25) is 0 Å². The summed E-state index contributed by atoms with van der Waals surface area (Å²) in [5, 5.41) is 22.0. The Morgan fingerprint density at radius 2 is 2.00 bits per heavy atom. The molecule has 3 rings (SSSR count). The number of nitrogens with one attached hydrogen (secondary N) is 4. The van der Waals surface area contributed by atoms with Crippen molar-refractivity contribution in [1.29, 1.82) is 0 Å². The number of carbonyl (C=O) groups is 1. The second-order valence-corrected chi connectivity index (χ2v) is 8.63. The van der Waals surface area contributed by atoms with Crippen LogP contribution in [-0.4, -0.2) is 35.8 Å². The molecule has 0 radical (unpaired) electrons. The Morgan fingerprint density at radius 1 is 1.26 bits per heavy atom. The van der Waals surface area contributed by atoms with Crippen molar-refractivity contribution in [2.45, 2.75) is 52.7 Å². The second kappa shape index (κ2) is 14.2. The van der Waals surface area contributed by atoms with Crippen LogP contribution in [0.4, 0.5) is 21.9 Å². The van der Waals surface area contributed by atoms with Crippen molar-refractivity contribution >= 4 is 40.5 Å². The third-order valence-corrected chi connectivity index (χ3v) is 5.45. The van der Waals surface area contributed by atoms with E-state index in [0.29, 0.717) is 16.6 Å². The zero-order valence-electron chi connectivity index (χ0n) is 20.9. The molecule has 4 bridgehead atoms. The van der Waals surface area contributed by atoms with Gasteiger partial charge >= 0.3 is 6.03 Å². The zero-order chi connectivity index (χ0) is 25.8. The first-order valence-corrected chi connectivity index (χ1v) is 12.1. The van der Waals surface area contributed by atoms with Crippen molar-refractivity contribution in [3.63, 3.8) is 0 Å². The lowest BCUT2D eigenvalue weighted by Crippen LogP contribution is -2.38. The fraction of sp³-hybridized carbons (Fsp3) is 0.333. The highest BCUT2D eigenvalue weighted by molar-refractivity contribution is 6.44. The number of hydrogen-bond donors (Lipinski definition) is 5. The Kier molecular flexibility index (Phi) is 11.3. The summed E-state index contributed by atoms with van der Waals surface area (Å²) in [4.78, 5) is 17.1. The Bertz CT molecular complexity index is 1070. The van der Waals surface area contributed by atoms with E-state index in [1.54, 1.807) is 19.1 Å². The van der Waals surface area contributed by atoms with Crippen molar-refractivity contribution in [1.82, 2.24) is 5.32 Å². The number of aryl methyl sites for hydroxylation is 2. The number of anilines is 3. The van der Waals surface area contributed by atoms with Gasteiger partial charge in [-0.2, -0.15) is 0 Å². The van der Waals surface area contributed by atoms with E-state index in [4.69, 9.17) is 16.6 Å². The molecule has 2 unspecified atom stereocenters. The standard InChI is InChI=1S/C24H30ClN5O2.C3H6/c1-4-21(25)23-28-16(3)27-19-7-5-6-17(12-19)8-9-18-13-20(29-23)10-11-22(18)30-24(32)26-15(2)14-31;1-3-2/h4-7,10-13,15-16,27,31H,8-9,14H2,1-3H3,(H,28,29)(H2,26,30,32);3H,1H2,2H3/b21-4+;. The number of amidine groups is 1. The van der Waals surface area contributed by atoms with Crippen LogP contribution in [-0.2, 0) is 12.8 Å². The monoisotopic (exact) mass is 497 g/mol. The molecule has 35 heavy (non-hydrogen) atoms. The number of amides is 2. The van der Waals surface area contributed by atoms with Crippen molar-refractivity contribution < 1.29 is 9.90 Å². The van der Waals surface area contributed by atoms with Crippen LogP contribution in [0.25, 0.3) is 0 Å². The predicted molar refractivity (Wildman–Crippen MR) is 149 cm³/mol. The molecule has 0 fully saturated rings. The molecule has 0 saturated carbocycles. The number of rotatable bonds is 4. The molecule has 8 heteroatoms. The summed E-state index contributed by atoms with van der Waals surface area (Å²) < 4.78 is 0. The quantitative estimate of drug-likeness (QED) is 0.340. The molecule has 0 aromatic heterocycles. The van der Waals surface area contributed by atoms with E-state index >= 15 is 0 Å². The average Bonchev–Trinajstić information content (AvgIpc) is 2.83. The summed E-state index contributed by atoms with van der Waals surface area (Å²) in [6.07, 6.45) is 4.88. The number of nitrogens with zero attached hydrogens (tertiary/aromatic N) is 1. The van der Waals surface area contributed by atoms with Gasteiger partial charge in [-0.25, -0.2) is 9.79 Å². The third-order valence-electron chi connectivity index (χ3n) is 5.06. The molecule has 0 saturated heterocycles. The fourth-order valence-corrected chi connectivity index (χ4v) is 3.51. The number of carbonyl (C=O) groups excluding carboxylic acids is 1. The van der Waals surface area contributed by atoms with Crippen LogP contribution >= 0.6 is 11.6 Å². The molecule has 0 aliphatic carbocycles. The van der Waals surface area contributed by atoms with Gasteiger partial charge in [0.25, 0.3) is 0 Å². The molecule has 2 aromatic rings. The molecule has 0 spiro atoms. The van der Waals surface area contributed by atoms with Crippen LogP contribution in [0.1, 0.15) is 38.8 Å². The van der Waals surface area contributed by atoms with Crippen LogP contribution in [0.3, 0.4) is 0 Å². The smallest absolute Gasteiger partial charge is 0.319 e. The van der Waals surface area contributed by atoms with Crippen LogP contribution in [0.15, 0.2) is 71.2 Å². The number of allylic oxidation sites excluding steroid dienone is 2. The maximum Gasteiger partial charge on any atom is 0.319 e. The van der Waals surface area contributed by atoms with Crippen LogP contribution < -0.4 is 21.3 Å². The minimum Gasteiger partial charge on any atom is -0.394 e. The van der Waals surface area contributed by atoms with Crippen molar-refractivity contribution in [3.05, 3.63) is 77.4 Å². The number of benzene rings is 2. The highest BCUT2D eigenvalue weighted by atomic mass is 35.5. The van der Waals surface area contributed by atoms with Crippen molar-refractivity contribution in [2.24, 2.45) is 4.99 Å². The van der Waals surface area contributed by atoms with Gasteiger partial charge < -0.3 is 26.4 Å². The van der Waals surface area contributed by atoms with Crippen LogP contribution in [0, 0.1) is 0 Å². The SMILES string of the molecule is C/C=C(Cl)\C1=N/C(C)Nc2cccc(c2)CCc2cc(ccc2NC(=O)NC(C)CO)N1.C=CC. The Hall–Kier alpha value is -3.29. The van der Waals surface area contributed by atoms with Crippen LogP contribution in [0.5, 0.6) is 0 Å². The summed E-state index contributed by atoms with van der Waals surface area (Å²) in [5.41, 5.74) is 4.68. The summed E-state index contributed by atoms with van der Waals surface area (Å²) >= 11 is 6.43. The van der Waals surface area contributed by atoms with E-state index in [1.165, 1.54) is 5.56 Å². The fourth-order valence-electron chi connectivity index (χ4n) is 3.42. The first-order valence-electron chi connectivity index (χ1n) is 11.7. The Labute approximate surface area is 213 Å². The van der Waals surface area contributed by atoms with Gasteiger partial charge in [-0.1, -0.05) is 35.9 Å². The van der Waals surface area contributed by atoms with E-state index in [1.807, 2.05) is 51.1 Å². The van der Waals surface area contributed by atoms with E-state index in [-0.39, 0.29) is 24.8 Å². The third kappa shape index (κ3) is 9.11. The van der Waals surface area contributed by atoms with Crippen LogP contribution in [0.2, 0.25) is 0 Å². The van der Waals surface area contributed by atoms with Gasteiger partial charge in [0.2, 0.25) is 0 Å². The summed E-state index contributed by atoms with van der Waals surface area (Å²) in [5.74, 6) is 0.561. The largest absolute Gasteiger partial charge is 0.394 e. The zero-order valence-corrected chi connectivity index (χ0v) is 21.6. The maximum atomic E-state index is 12.3. The summed E-state index contributed by atoms with van der Waals surface area (Å²) in [6.45, 7) is 10.7. The Morgan fingerprint density at radius 3 is 2.69 bits per heavy atom. The van der Waals surface area contributed by atoms with Gasteiger partial charge in [0.05, 0.1) is 17.7 Å².